The Hall–Kier alpha value is -4.98. The molecule has 4 heterocycles. The maximum absolute atomic E-state index is 4.92. The summed E-state index contributed by atoms with van der Waals surface area (Å²) < 4.78 is 0. The molecule has 0 bridgehead atoms. The first kappa shape index (κ1) is 21.1. The van der Waals surface area contributed by atoms with Crippen molar-refractivity contribution < 1.29 is 0 Å². The van der Waals surface area contributed by atoms with Gasteiger partial charge in [0.15, 0.2) is 0 Å². The van der Waals surface area contributed by atoms with E-state index in [4.69, 9.17) is 9.97 Å². The molecule has 2 N–H and O–H groups in total. The lowest BCUT2D eigenvalue weighted by atomic mass is 9.95. The van der Waals surface area contributed by atoms with Crippen LogP contribution in [-0.4, -0.2) is 40.1 Å². The van der Waals surface area contributed by atoms with Crippen molar-refractivity contribution in [1.29, 1.82) is 0 Å². The van der Waals surface area contributed by atoms with Crippen LogP contribution in [0.1, 0.15) is 31.4 Å². The van der Waals surface area contributed by atoms with Gasteiger partial charge in [-0.2, -0.15) is 10.2 Å². The summed E-state index contributed by atoms with van der Waals surface area (Å²) in [5.41, 5.74) is 6.94. The molecule has 182 valence electrons. The molecule has 4 aromatic heterocycles. The van der Waals surface area contributed by atoms with E-state index in [1.54, 1.807) is 6.33 Å². The molecule has 0 unspecified atom stereocenters. The molecule has 4 aromatic carbocycles. The Morgan fingerprint density at radius 3 is 2.03 bits per heavy atom. The van der Waals surface area contributed by atoms with Crippen molar-refractivity contribution in [2.75, 3.05) is 0 Å². The van der Waals surface area contributed by atoms with E-state index < -0.39 is 0 Å². The highest BCUT2D eigenvalue weighted by molar-refractivity contribution is 6.24. The first-order valence-corrected chi connectivity index (χ1v) is 12.6. The number of hydrogen-bond donors (Lipinski definition) is 2. The minimum atomic E-state index is 0.295. The summed E-state index contributed by atoms with van der Waals surface area (Å²) in [6, 6.07) is 13.2. The van der Waals surface area contributed by atoms with Crippen molar-refractivity contribution in [3.63, 3.8) is 0 Å². The van der Waals surface area contributed by atoms with Gasteiger partial charge in [0, 0.05) is 39.0 Å². The van der Waals surface area contributed by atoms with Gasteiger partial charge in [-0.25, -0.2) is 19.9 Å². The Labute approximate surface area is 216 Å². The van der Waals surface area contributed by atoms with Crippen molar-refractivity contribution in [2.45, 2.75) is 26.7 Å². The second-order valence-electron chi connectivity index (χ2n) is 10.2. The van der Waals surface area contributed by atoms with Gasteiger partial charge in [0.25, 0.3) is 0 Å². The van der Waals surface area contributed by atoms with Gasteiger partial charge in [-0.15, -0.1) is 0 Å². The molecule has 8 aromatic rings. The van der Waals surface area contributed by atoms with E-state index >= 15 is 0 Å². The van der Waals surface area contributed by atoms with E-state index in [1.165, 1.54) is 0 Å². The molecule has 0 aliphatic rings. The van der Waals surface area contributed by atoms with E-state index in [-0.39, 0.29) is 0 Å². The number of H-pyrrole nitrogens is 2. The quantitative estimate of drug-likeness (QED) is 0.258. The zero-order valence-electron chi connectivity index (χ0n) is 21.0. The molecule has 0 amide bonds. The summed E-state index contributed by atoms with van der Waals surface area (Å²) in [6.45, 7) is 6.26. The van der Waals surface area contributed by atoms with Gasteiger partial charge >= 0.3 is 0 Å². The SMILES string of the molecule is Cc1nc2c3ncncc3c3cc(-c4ccc5c(c4)c4cnncc4c4nc(C(C)C)[nH]c54)ccc3c2[nH]1. The molecular weight excluding hydrogens is 472 g/mol. The van der Waals surface area contributed by atoms with Gasteiger partial charge in [-0.1, -0.05) is 38.1 Å². The van der Waals surface area contributed by atoms with Gasteiger partial charge in [-0.3, -0.25) is 0 Å². The Morgan fingerprint density at radius 1 is 0.632 bits per heavy atom. The van der Waals surface area contributed by atoms with Gasteiger partial charge in [0.1, 0.15) is 29.0 Å². The maximum Gasteiger partial charge on any atom is 0.116 e. The smallest absolute Gasteiger partial charge is 0.116 e. The van der Waals surface area contributed by atoms with Crippen molar-refractivity contribution >= 4 is 65.3 Å². The number of nitrogens with zero attached hydrogens (tertiary/aromatic N) is 6. The molecule has 8 rings (SSSR count). The zero-order chi connectivity index (χ0) is 25.5. The molecular formula is C30H22N8. The van der Waals surface area contributed by atoms with Gasteiger partial charge in [-0.05, 0) is 41.0 Å². The first-order valence-electron chi connectivity index (χ1n) is 12.6. The summed E-state index contributed by atoms with van der Waals surface area (Å²) >= 11 is 0. The Morgan fingerprint density at radius 2 is 1.29 bits per heavy atom. The van der Waals surface area contributed by atoms with Gasteiger partial charge in [0.2, 0.25) is 0 Å². The fourth-order valence-electron chi connectivity index (χ4n) is 5.68. The lowest BCUT2D eigenvalue weighted by Crippen LogP contribution is -1.89. The van der Waals surface area contributed by atoms with Crippen LogP contribution < -0.4 is 0 Å². The molecule has 0 aliphatic heterocycles. The molecule has 0 aliphatic carbocycles. The molecule has 0 fully saturated rings. The first-order chi connectivity index (χ1) is 18.6. The van der Waals surface area contributed by atoms with Crippen LogP contribution in [0.2, 0.25) is 0 Å². The van der Waals surface area contributed by atoms with Crippen molar-refractivity contribution in [1.82, 2.24) is 40.1 Å². The third-order valence-corrected chi connectivity index (χ3v) is 7.50. The predicted octanol–water partition coefficient (Wildman–Crippen LogP) is 6.73. The van der Waals surface area contributed by atoms with E-state index in [1.807, 2.05) is 25.5 Å². The predicted molar refractivity (Wildman–Crippen MR) is 151 cm³/mol. The zero-order valence-corrected chi connectivity index (χ0v) is 21.0. The molecule has 0 radical (unpaired) electrons. The normalized spacial score (nSPS) is 12.3. The second kappa shape index (κ2) is 7.52. The maximum atomic E-state index is 4.92. The summed E-state index contributed by atoms with van der Waals surface area (Å²) in [6.07, 6.45) is 7.12. The average Bonchev–Trinajstić information content (AvgIpc) is 3.58. The van der Waals surface area contributed by atoms with Crippen LogP contribution in [0.25, 0.3) is 76.4 Å². The van der Waals surface area contributed by atoms with Crippen LogP contribution in [0.3, 0.4) is 0 Å². The highest BCUT2D eigenvalue weighted by atomic mass is 15.1. The topological polar surface area (TPSA) is 109 Å². The van der Waals surface area contributed by atoms with Crippen LogP contribution >= 0.6 is 0 Å². The lowest BCUT2D eigenvalue weighted by molar-refractivity contribution is 0.799. The average molecular weight is 495 g/mol. The van der Waals surface area contributed by atoms with Crippen LogP contribution in [-0.2, 0) is 0 Å². The molecule has 8 heteroatoms. The number of aromatic nitrogens is 8. The van der Waals surface area contributed by atoms with Gasteiger partial charge < -0.3 is 9.97 Å². The lowest BCUT2D eigenvalue weighted by Gasteiger charge is -2.10. The number of benzene rings is 4. The highest BCUT2D eigenvalue weighted by Gasteiger charge is 2.17. The molecule has 0 saturated heterocycles. The number of nitrogens with one attached hydrogen (secondary N) is 2. The molecule has 0 saturated carbocycles. The fraction of sp³-hybridized carbons (Fsp3) is 0.133. The monoisotopic (exact) mass is 494 g/mol. The molecule has 8 nitrogen and oxygen atoms in total. The number of aromatic amines is 2. The van der Waals surface area contributed by atoms with Crippen LogP contribution in [0.5, 0.6) is 0 Å². The van der Waals surface area contributed by atoms with Crippen molar-refractivity contribution in [3.8, 4) is 11.1 Å². The number of rotatable bonds is 2. The minimum Gasteiger partial charge on any atom is -0.342 e. The highest BCUT2D eigenvalue weighted by Crippen LogP contribution is 2.38. The molecule has 38 heavy (non-hydrogen) atoms. The van der Waals surface area contributed by atoms with E-state index in [2.05, 4.69) is 80.4 Å². The fourth-order valence-corrected chi connectivity index (χ4v) is 5.68. The Bertz CT molecular complexity index is 2240. The third-order valence-electron chi connectivity index (χ3n) is 7.50. The van der Waals surface area contributed by atoms with Crippen LogP contribution in [0.15, 0.2) is 61.3 Å². The van der Waals surface area contributed by atoms with Gasteiger partial charge in [0.05, 0.1) is 28.9 Å². The largest absolute Gasteiger partial charge is 0.342 e. The van der Waals surface area contributed by atoms with E-state index in [0.717, 1.165) is 88.1 Å². The number of imidazole rings is 2. The Kier molecular flexibility index (Phi) is 4.18. The van der Waals surface area contributed by atoms with E-state index in [0.29, 0.717) is 5.92 Å². The third kappa shape index (κ3) is 2.85. The molecule has 0 spiro atoms. The summed E-state index contributed by atoms with van der Waals surface area (Å²) in [7, 11) is 0. The van der Waals surface area contributed by atoms with Crippen molar-refractivity contribution in [2.24, 2.45) is 0 Å². The van der Waals surface area contributed by atoms with Crippen LogP contribution in [0.4, 0.5) is 0 Å². The number of hydrogen-bond acceptors (Lipinski definition) is 6. The van der Waals surface area contributed by atoms with Crippen LogP contribution in [0, 0.1) is 6.92 Å². The minimum absolute atomic E-state index is 0.295. The summed E-state index contributed by atoms with van der Waals surface area (Å²) in [5, 5.41) is 15.9. The standard InChI is InChI=1S/C30H22N8/c1-14(2)30-37-26-18-6-4-16(8-20(18)22-11-33-34-12-24(22)28(26)38-30)17-5-7-19-21(9-17)23-10-31-13-32-25(23)29-27(19)35-15(3)36-29/h4-14H,1-3H3,(H,35,36)(H,37,38). The van der Waals surface area contributed by atoms with Crippen molar-refractivity contribution in [3.05, 3.63) is 73.0 Å². The Balaban J connectivity index is 1.42. The second-order valence-corrected chi connectivity index (χ2v) is 10.2. The number of aryl methyl sites for hydroxylation is 1. The van der Waals surface area contributed by atoms with E-state index in [9.17, 15) is 0 Å². The summed E-state index contributed by atoms with van der Waals surface area (Å²) in [5.74, 6) is 2.13. The number of fused-ring (bicyclic) bond motifs is 12. The molecule has 0 atom stereocenters. The summed E-state index contributed by atoms with van der Waals surface area (Å²) in [4.78, 5) is 25.5.